The van der Waals surface area contributed by atoms with Gasteiger partial charge in [0, 0.05) is 12.1 Å². The molecule has 1 rings (SSSR count). The normalized spacial score (nSPS) is 18.2. The molecule has 1 aliphatic rings. The summed E-state index contributed by atoms with van der Waals surface area (Å²) < 4.78 is 0. The van der Waals surface area contributed by atoms with Gasteiger partial charge in [0.25, 0.3) is 0 Å². The van der Waals surface area contributed by atoms with Crippen LogP contribution in [0, 0.1) is 11.3 Å². The molecule has 0 bridgehead atoms. The number of nitrogens with one attached hydrogen (secondary N) is 1. The van der Waals surface area contributed by atoms with Crippen molar-refractivity contribution in [3.05, 3.63) is 0 Å². The quantitative estimate of drug-likeness (QED) is 0.493. The van der Waals surface area contributed by atoms with E-state index in [-0.39, 0.29) is 17.2 Å². The molecule has 0 atom stereocenters. The van der Waals surface area contributed by atoms with Gasteiger partial charge in [-0.15, -0.1) is 0 Å². The average molecular weight is 168 g/mol. The second-order valence-electron chi connectivity index (χ2n) is 4.37. The van der Waals surface area contributed by atoms with E-state index >= 15 is 0 Å². The minimum absolute atomic E-state index is 0.0385. The lowest BCUT2D eigenvalue weighted by atomic mass is 9.99. The maximum absolute atomic E-state index is 11.1. The van der Waals surface area contributed by atoms with Crippen molar-refractivity contribution in [1.29, 1.82) is 0 Å². The molecule has 1 aliphatic carbocycles. The van der Waals surface area contributed by atoms with Crippen molar-refractivity contribution in [2.24, 2.45) is 16.4 Å². The van der Waals surface area contributed by atoms with E-state index in [1.54, 1.807) is 6.21 Å². The van der Waals surface area contributed by atoms with Crippen molar-refractivity contribution in [3.8, 4) is 0 Å². The molecular weight excluding hydrogens is 152 g/mol. The van der Waals surface area contributed by atoms with Crippen molar-refractivity contribution in [1.82, 2.24) is 5.43 Å². The Morgan fingerprint density at radius 1 is 1.50 bits per heavy atom. The number of hydrazone groups is 1. The van der Waals surface area contributed by atoms with E-state index in [0.717, 1.165) is 12.8 Å². The Balaban J connectivity index is 2.24. The van der Waals surface area contributed by atoms with Crippen molar-refractivity contribution in [3.63, 3.8) is 0 Å². The van der Waals surface area contributed by atoms with Gasteiger partial charge in [0.2, 0.25) is 5.91 Å². The van der Waals surface area contributed by atoms with Gasteiger partial charge in [-0.1, -0.05) is 20.8 Å². The zero-order valence-electron chi connectivity index (χ0n) is 7.92. The first-order valence-electron chi connectivity index (χ1n) is 4.33. The first kappa shape index (κ1) is 9.23. The third-order valence-electron chi connectivity index (χ3n) is 1.57. The summed E-state index contributed by atoms with van der Waals surface area (Å²) in [7, 11) is 0. The number of hydrogen-bond donors (Lipinski definition) is 1. The highest BCUT2D eigenvalue weighted by atomic mass is 16.2. The number of hydrogen-bond acceptors (Lipinski definition) is 2. The molecule has 1 saturated carbocycles. The Kier molecular flexibility index (Phi) is 2.50. The van der Waals surface area contributed by atoms with E-state index in [9.17, 15) is 4.79 Å². The molecule has 1 N–H and O–H groups in total. The number of carbonyl (C=O) groups is 1. The van der Waals surface area contributed by atoms with Gasteiger partial charge in [-0.25, -0.2) is 5.43 Å². The van der Waals surface area contributed by atoms with Gasteiger partial charge in [-0.05, 0) is 18.3 Å². The summed E-state index contributed by atoms with van der Waals surface area (Å²) in [6.45, 7) is 6.12. The molecule has 1 amide bonds. The lowest BCUT2D eigenvalue weighted by Crippen LogP contribution is -2.20. The zero-order valence-corrected chi connectivity index (χ0v) is 7.92. The lowest BCUT2D eigenvalue weighted by Gasteiger charge is -2.09. The summed E-state index contributed by atoms with van der Waals surface area (Å²) in [6.07, 6.45) is 3.81. The fourth-order valence-electron chi connectivity index (χ4n) is 0.726. The molecule has 68 valence electrons. The van der Waals surface area contributed by atoms with Gasteiger partial charge in [-0.3, -0.25) is 4.79 Å². The van der Waals surface area contributed by atoms with Gasteiger partial charge in [0.15, 0.2) is 0 Å². The summed E-state index contributed by atoms with van der Waals surface area (Å²) in [6, 6.07) is 0. The maximum Gasteiger partial charge on any atom is 0.243 e. The second-order valence-corrected chi connectivity index (χ2v) is 4.37. The minimum atomic E-state index is 0.0385. The zero-order chi connectivity index (χ0) is 9.19. The predicted octanol–water partition coefficient (Wildman–Crippen LogP) is 1.54. The fraction of sp³-hybridized carbons (Fsp3) is 0.778. The van der Waals surface area contributed by atoms with Crippen molar-refractivity contribution < 1.29 is 4.79 Å². The first-order chi connectivity index (χ1) is 5.49. The second kappa shape index (κ2) is 3.25. The molecule has 0 aromatic heterocycles. The smallest absolute Gasteiger partial charge is 0.243 e. The van der Waals surface area contributed by atoms with E-state index in [1.165, 1.54) is 0 Å². The van der Waals surface area contributed by atoms with Crippen LogP contribution in [0.25, 0.3) is 0 Å². The summed E-state index contributed by atoms with van der Waals surface area (Å²) in [5.41, 5.74) is 2.57. The number of amides is 1. The molecular formula is C9H16N2O. The number of rotatable bonds is 2. The van der Waals surface area contributed by atoms with Crippen LogP contribution in [0.4, 0.5) is 0 Å². The monoisotopic (exact) mass is 168 g/mol. The molecule has 1 fully saturated rings. The topological polar surface area (TPSA) is 41.5 Å². The van der Waals surface area contributed by atoms with E-state index in [4.69, 9.17) is 0 Å². The van der Waals surface area contributed by atoms with Gasteiger partial charge in [0.1, 0.15) is 0 Å². The summed E-state index contributed by atoms with van der Waals surface area (Å²) in [5, 5.41) is 3.88. The van der Waals surface area contributed by atoms with E-state index in [1.807, 2.05) is 20.8 Å². The molecule has 0 radical (unpaired) electrons. The molecule has 0 saturated heterocycles. The van der Waals surface area contributed by atoms with Crippen LogP contribution in [0.5, 0.6) is 0 Å². The average Bonchev–Trinajstić information content (AvgIpc) is 2.64. The van der Waals surface area contributed by atoms with Crippen LogP contribution in [0.2, 0.25) is 0 Å². The number of nitrogens with zero attached hydrogens (tertiary/aromatic N) is 1. The Morgan fingerprint density at radius 3 is 2.50 bits per heavy atom. The highest BCUT2D eigenvalue weighted by Crippen LogP contribution is 2.28. The van der Waals surface area contributed by atoms with Crippen LogP contribution in [0.15, 0.2) is 5.10 Å². The summed E-state index contributed by atoms with van der Waals surface area (Å²) >= 11 is 0. The van der Waals surface area contributed by atoms with Crippen LogP contribution < -0.4 is 5.43 Å². The third-order valence-corrected chi connectivity index (χ3v) is 1.57. The lowest BCUT2D eigenvalue weighted by molar-refractivity contribution is -0.122. The SMILES string of the molecule is CC(C)(C)/C=N/NC(=O)C1CC1. The van der Waals surface area contributed by atoms with Gasteiger partial charge in [0.05, 0.1) is 0 Å². The molecule has 0 aliphatic heterocycles. The molecule has 0 heterocycles. The Morgan fingerprint density at radius 2 is 2.08 bits per heavy atom. The highest BCUT2D eigenvalue weighted by molar-refractivity contribution is 5.81. The molecule has 3 heteroatoms. The molecule has 3 nitrogen and oxygen atoms in total. The maximum atomic E-state index is 11.1. The Hall–Kier alpha value is -0.860. The largest absolute Gasteiger partial charge is 0.273 e. The summed E-state index contributed by atoms with van der Waals surface area (Å²) in [5.74, 6) is 0.303. The molecule has 12 heavy (non-hydrogen) atoms. The van der Waals surface area contributed by atoms with Crippen LogP contribution in [-0.4, -0.2) is 12.1 Å². The van der Waals surface area contributed by atoms with Crippen LogP contribution in [0.3, 0.4) is 0 Å². The number of carbonyl (C=O) groups excluding carboxylic acids is 1. The minimum Gasteiger partial charge on any atom is -0.273 e. The first-order valence-corrected chi connectivity index (χ1v) is 4.33. The Labute approximate surface area is 73.2 Å². The van der Waals surface area contributed by atoms with Crippen LogP contribution in [-0.2, 0) is 4.79 Å². The molecule has 0 unspecified atom stereocenters. The summed E-state index contributed by atoms with van der Waals surface area (Å²) in [4.78, 5) is 11.1. The highest BCUT2D eigenvalue weighted by Gasteiger charge is 2.29. The van der Waals surface area contributed by atoms with E-state index < -0.39 is 0 Å². The standard InChI is InChI=1S/C9H16N2O/c1-9(2,3)6-10-11-8(12)7-4-5-7/h6-7H,4-5H2,1-3H3,(H,11,12)/b10-6+. The van der Waals surface area contributed by atoms with Crippen molar-refractivity contribution in [2.45, 2.75) is 33.6 Å². The third kappa shape index (κ3) is 3.51. The van der Waals surface area contributed by atoms with Crippen LogP contribution in [0.1, 0.15) is 33.6 Å². The van der Waals surface area contributed by atoms with Crippen molar-refractivity contribution in [2.75, 3.05) is 0 Å². The fourth-order valence-corrected chi connectivity index (χ4v) is 0.726. The predicted molar refractivity (Wildman–Crippen MR) is 48.8 cm³/mol. The molecule has 0 aromatic rings. The van der Waals surface area contributed by atoms with E-state index in [0.29, 0.717) is 0 Å². The molecule has 0 spiro atoms. The van der Waals surface area contributed by atoms with Gasteiger partial charge >= 0.3 is 0 Å². The molecule has 0 aromatic carbocycles. The van der Waals surface area contributed by atoms with Crippen LogP contribution >= 0.6 is 0 Å². The Bertz CT molecular complexity index is 199. The van der Waals surface area contributed by atoms with Gasteiger partial charge < -0.3 is 0 Å². The van der Waals surface area contributed by atoms with Gasteiger partial charge in [-0.2, -0.15) is 5.10 Å². The van der Waals surface area contributed by atoms with E-state index in [2.05, 4.69) is 10.5 Å². The van der Waals surface area contributed by atoms with Crippen molar-refractivity contribution >= 4 is 12.1 Å².